The van der Waals surface area contributed by atoms with Gasteiger partial charge in [0.25, 0.3) is 5.91 Å². The molecule has 1 aliphatic heterocycles. The topological polar surface area (TPSA) is 96.7 Å². The fraction of sp³-hybridized carbons (Fsp3) is 0.364. The SMILES string of the molecule is O=C(COc1ccc(Cl)c(F)c1)NC12CC(N[N+](=O)[C@H]3CC(=O)c4ccccc4O3)(C1)C2. The van der Waals surface area contributed by atoms with Gasteiger partial charge in [-0.2, -0.15) is 0 Å². The highest BCUT2D eigenvalue weighted by Crippen LogP contribution is 2.60. The van der Waals surface area contributed by atoms with Gasteiger partial charge in [-0.05, 0) is 43.5 Å². The van der Waals surface area contributed by atoms with Gasteiger partial charge in [0.15, 0.2) is 17.3 Å². The highest BCUT2D eigenvalue weighted by atomic mass is 35.5. The molecule has 0 unspecified atom stereocenters. The van der Waals surface area contributed by atoms with Crippen LogP contribution in [0.1, 0.15) is 36.0 Å². The number of Topliss-reactive ketones (excluding diaryl/α,β-unsaturated/α-hetero) is 1. The smallest absolute Gasteiger partial charge is 0.381 e. The van der Waals surface area contributed by atoms with Crippen LogP contribution in [0.3, 0.4) is 0 Å². The Balaban J connectivity index is 1.10. The van der Waals surface area contributed by atoms with Gasteiger partial charge in [0, 0.05) is 11.6 Å². The van der Waals surface area contributed by atoms with Crippen molar-refractivity contribution >= 4 is 23.3 Å². The van der Waals surface area contributed by atoms with E-state index < -0.39 is 17.6 Å². The van der Waals surface area contributed by atoms with E-state index in [4.69, 9.17) is 21.1 Å². The highest BCUT2D eigenvalue weighted by molar-refractivity contribution is 6.30. The van der Waals surface area contributed by atoms with Gasteiger partial charge in [-0.15, -0.1) is 5.43 Å². The van der Waals surface area contributed by atoms with Crippen molar-refractivity contribution in [1.82, 2.24) is 10.7 Å². The molecule has 6 rings (SSSR count). The number of ether oxygens (including phenoxy) is 2. The van der Waals surface area contributed by atoms with Crippen LogP contribution in [0.25, 0.3) is 0 Å². The molecule has 0 radical (unpaired) electrons. The second-order valence-electron chi connectivity index (χ2n) is 8.64. The largest absolute Gasteiger partial charge is 0.484 e. The van der Waals surface area contributed by atoms with Crippen LogP contribution in [0.5, 0.6) is 11.5 Å². The van der Waals surface area contributed by atoms with Crippen LogP contribution >= 0.6 is 11.6 Å². The van der Waals surface area contributed by atoms with Crippen LogP contribution in [-0.4, -0.2) is 40.5 Å². The predicted molar refractivity (Wildman–Crippen MR) is 111 cm³/mol. The van der Waals surface area contributed by atoms with E-state index >= 15 is 0 Å². The number of nitroso groups, excluding NO2 is 1. The molecule has 3 fully saturated rings. The Morgan fingerprint density at radius 1 is 1.22 bits per heavy atom. The van der Waals surface area contributed by atoms with Crippen molar-refractivity contribution in [1.29, 1.82) is 0 Å². The molecular weight excluding hydrogens is 441 g/mol. The van der Waals surface area contributed by atoms with Crippen LogP contribution in [0.2, 0.25) is 5.02 Å². The zero-order valence-electron chi connectivity index (χ0n) is 16.9. The zero-order chi connectivity index (χ0) is 22.5. The van der Waals surface area contributed by atoms with Gasteiger partial charge >= 0.3 is 6.23 Å². The first-order valence-electron chi connectivity index (χ1n) is 10.2. The van der Waals surface area contributed by atoms with E-state index in [1.807, 2.05) is 0 Å². The molecule has 1 atom stereocenters. The molecule has 1 heterocycles. The molecule has 4 aliphatic rings. The van der Waals surface area contributed by atoms with Crippen LogP contribution < -0.4 is 20.2 Å². The van der Waals surface area contributed by atoms with Crippen molar-refractivity contribution in [3.05, 3.63) is 63.8 Å². The van der Waals surface area contributed by atoms with Crippen molar-refractivity contribution in [3.8, 4) is 11.5 Å². The molecule has 10 heteroatoms. The van der Waals surface area contributed by atoms with Crippen molar-refractivity contribution in [2.45, 2.75) is 43.0 Å². The van der Waals surface area contributed by atoms with Gasteiger partial charge in [-0.1, -0.05) is 23.7 Å². The molecule has 32 heavy (non-hydrogen) atoms. The molecule has 0 aromatic heterocycles. The van der Waals surface area contributed by atoms with Crippen LogP contribution in [0.4, 0.5) is 4.39 Å². The Morgan fingerprint density at radius 3 is 2.72 bits per heavy atom. The average Bonchev–Trinajstić information content (AvgIpc) is 2.72. The van der Waals surface area contributed by atoms with Gasteiger partial charge in [-0.3, -0.25) is 9.59 Å². The number of carbonyl (C=O) groups is 2. The van der Waals surface area contributed by atoms with Gasteiger partial charge < -0.3 is 14.8 Å². The second-order valence-corrected chi connectivity index (χ2v) is 9.04. The number of ketones is 1. The van der Waals surface area contributed by atoms with Crippen molar-refractivity contribution < 1.29 is 28.3 Å². The number of hydrogen-bond acceptors (Lipinski definition) is 5. The first-order chi connectivity index (χ1) is 15.3. The molecule has 8 nitrogen and oxygen atoms in total. The maximum atomic E-state index is 13.4. The summed E-state index contributed by atoms with van der Waals surface area (Å²) in [4.78, 5) is 37.7. The highest BCUT2D eigenvalue weighted by Gasteiger charge is 2.72. The van der Waals surface area contributed by atoms with E-state index in [2.05, 4.69) is 10.7 Å². The summed E-state index contributed by atoms with van der Waals surface area (Å²) < 4.78 is 24.4. The number of carbonyl (C=O) groups excluding carboxylic acids is 2. The monoisotopic (exact) mass is 460 g/mol. The number of hydrazine groups is 1. The standard InChI is InChI=1S/C22H19ClFN3O5/c23-15-6-5-13(7-16(15)24)31-9-19(29)25-21-10-22(11-21,12-21)26-27(30)20-8-17(28)14-3-1-2-4-18(14)32-20/h1-7,20H,8-12H2,(H-,25,26,29,30)/p+1/t20-,21?,22?/m1/s1. The Labute approximate surface area is 187 Å². The molecule has 0 spiro atoms. The van der Waals surface area contributed by atoms with Crippen LogP contribution in [0.15, 0.2) is 42.5 Å². The summed E-state index contributed by atoms with van der Waals surface area (Å²) in [5.41, 5.74) is 2.59. The average molecular weight is 461 g/mol. The summed E-state index contributed by atoms with van der Waals surface area (Å²) in [6, 6.07) is 10.8. The summed E-state index contributed by atoms with van der Waals surface area (Å²) in [6.07, 6.45) is 0.769. The lowest BCUT2D eigenvalue weighted by molar-refractivity contribution is -0.688. The van der Waals surface area contributed by atoms with Gasteiger partial charge in [-0.25, -0.2) is 4.39 Å². The Hall–Kier alpha value is -3.20. The molecule has 2 bridgehead atoms. The van der Waals surface area contributed by atoms with E-state index in [1.54, 1.807) is 24.3 Å². The molecule has 166 valence electrons. The van der Waals surface area contributed by atoms with Gasteiger partial charge in [0.05, 0.1) is 15.5 Å². The van der Waals surface area contributed by atoms with Gasteiger partial charge in [0.2, 0.25) is 0 Å². The molecule has 0 saturated heterocycles. The summed E-state index contributed by atoms with van der Waals surface area (Å²) in [5.74, 6) is -0.472. The second kappa shape index (κ2) is 7.44. The number of fused-ring (bicyclic) bond motifs is 1. The van der Waals surface area contributed by atoms with E-state index in [9.17, 15) is 18.9 Å². The predicted octanol–water partition coefficient (Wildman–Crippen LogP) is 2.92. The number of benzene rings is 2. The fourth-order valence-corrected chi connectivity index (χ4v) is 4.90. The molecule has 3 saturated carbocycles. The molecule has 2 aromatic carbocycles. The lowest BCUT2D eigenvalue weighted by Gasteiger charge is -2.67. The number of rotatable bonds is 7. The summed E-state index contributed by atoms with van der Waals surface area (Å²) in [6.45, 7) is -0.256. The number of nitrogens with zero attached hydrogens (tertiary/aromatic N) is 1. The van der Waals surface area contributed by atoms with Crippen molar-refractivity contribution in [2.24, 2.45) is 0 Å². The summed E-state index contributed by atoms with van der Waals surface area (Å²) in [7, 11) is 0. The van der Waals surface area contributed by atoms with E-state index in [0.717, 1.165) is 6.07 Å². The normalized spacial score (nSPS) is 27.2. The van der Waals surface area contributed by atoms with Crippen molar-refractivity contribution in [3.63, 3.8) is 0 Å². The Kier molecular flexibility index (Phi) is 4.81. The third kappa shape index (κ3) is 3.66. The molecule has 2 N–H and O–H groups in total. The molecular formula is C22H20ClFN3O5+. The molecule has 3 aliphatic carbocycles. The Bertz CT molecular complexity index is 1120. The zero-order valence-corrected chi connectivity index (χ0v) is 17.7. The minimum absolute atomic E-state index is 0.0203. The first-order valence-corrected chi connectivity index (χ1v) is 10.6. The minimum atomic E-state index is -0.940. The lowest BCUT2D eigenvalue weighted by Crippen LogP contribution is -2.84. The summed E-state index contributed by atoms with van der Waals surface area (Å²) in [5, 5.41) is 2.90. The van der Waals surface area contributed by atoms with Crippen LogP contribution in [0, 0.1) is 10.7 Å². The van der Waals surface area contributed by atoms with E-state index in [1.165, 1.54) is 12.1 Å². The van der Waals surface area contributed by atoms with Crippen LogP contribution in [-0.2, 0) is 4.79 Å². The first kappa shape index (κ1) is 20.7. The summed E-state index contributed by atoms with van der Waals surface area (Å²) >= 11 is 5.62. The molecule has 1 amide bonds. The lowest BCUT2D eigenvalue weighted by atomic mass is 9.44. The van der Waals surface area contributed by atoms with E-state index in [-0.39, 0.29) is 41.0 Å². The number of halogens is 2. The van der Waals surface area contributed by atoms with Gasteiger partial charge in [0.1, 0.15) is 29.3 Å². The van der Waals surface area contributed by atoms with Crippen molar-refractivity contribution in [2.75, 3.05) is 6.61 Å². The number of nitrogens with one attached hydrogen (secondary N) is 2. The fourth-order valence-electron chi connectivity index (χ4n) is 4.78. The molecule has 2 aromatic rings. The Morgan fingerprint density at radius 2 is 1.97 bits per heavy atom. The number of amides is 1. The maximum Gasteiger partial charge on any atom is 0.381 e. The minimum Gasteiger partial charge on any atom is -0.484 e. The third-order valence-corrected chi connectivity index (χ3v) is 6.42. The van der Waals surface area contributed by atoms with E-state index in [0.29, 0.717) is 35.4 Å². The quantitative estimate of drug-likeness (QED) is 0.487. The number of hydrogen-bond donors (Lipinski definition) is 2. The number of para-hydroxylation sites is 1. The maximum absolute atomic E-state index is 13.4. The third-order valence-electron chi connectivity index (χ3n) is 6.12.